The molecule has 1 aromatic rings. The molecule has 1 aliphatic rings. The molecule has 0 aromatic heterocycles. The van der Waals surface area contributed by atoms with Crippen molar-refractivity contribution in [3.63, 3.8) is 0 Å². The van der Waals surface area contributed by atoms with E-state index >= 15 is 0 Å². The van der Waals surface area contributed by atoms with Gasteiger partial charge in [-0.2, -0.15) is 0 Å². The summed E-state index contributed by atoms with van der Waals surface area (Å²) in [5.74, 6) is -2.49. The van der Waals surface area contributed by atoms with E-state index in [1.165, 1.54) is 6.07 Å². The molecule has 1 atom stereocenters. The standard InChI is InChI=1S/C12H12F3NO3/c13-12(14,15)19-7-3-4-9(16)8(5-7)10(11(17)18)6-1-2-6/h3-6,10H,1-2,16H2,(H,17,18). The monoisotopic (exact) mass is 275 g/mol. The third kappa shape index (κ3) is 3.30. The van der Waals surface area contributed by atoms with Crippen LogP contribution in [-0.4, -0.2) is 17.4 Å². The zero-order valence-corrected chi connectivity index (χ0v) is 9.78. The van der Waals surface area contributed by atoms with Crippen LogP contribution in [0.3, 0.4) is 0 Å². The van der Waals surface area contributed by atoms with E-state index in [0.717, 1.165) is 25.0 Å². The topological polar surface area (TPSA) is 72.5 Å². The summed E-state index contributed by atoms with van der Waals surface area (Å²) in [6, 6.07) is 3.35. The summed E-state index contributed by atoms with van der Waals surface area (Å²) in [5.41, 5.74) is 6.00. The fraction of sp³-hybridized carbons (Fsp3) is 0.417. The Bertz CT molecular complexity index is 497. The normalized spacial score (nSPS) is 17.0. The predicted octanol–water partition coefficient (Wildman–Crippen LogP) is 2.75. The van der Waals surface area contributed by atoms with Gasteiger partial charge in [0.2, 0.25) is 0 Å². The first-order chi connectivity index (χ1) is 8.78. The Morgan fingerprint density at radius 3 is 2.53 bits per heavy atom. The Balaban J connectivity index is 2.33. The van der Waals surface area contributed by atoms with Gasteiger partial charge in [0.1, 0.15) is 5.75 Å². The highest BCUT2D eigenvalue weighted by Crippen LogP contribution is 2.45. The first-order valence-corrected chi connectivity index (χ1v) is 5.66. The van der Waals surface area contributed by atoms with Gasteiger partial charge in [-0.15, -0.1) is 13.2 Å². The van der Waals surface area contributed by atoms with Crippen molar-refractivity contribution in [2.45, 2.75) is 25.1 Å². The molecule has 3 N–H and O–H groups in total. The van der Waals surface area contributed by atoms with Gasteiger partial charge >= 0.3 is 12.3 Å². The van der Waals surface area contributed by atoms with Crippen molar-refractivity contribution >= 4 is 11.7 Å². The van der Waals surface area contributed by atoms with Crippen molar-refractivity contribution < 1.29 is 27.8 Å². The average molecular weight is 275 g/mol. The summed E-state index contributed by atoms with van der Waals surface area (Å²) in [6.07, 6.45) is -3.34. The first-order valence-electron chi connectivity index (χ1n) is 5.66. The Hall–Kier alpha value is -1.92. The molecule has 19 heavy (non-hydrogen) atoms. The van der Waals surface area contributed by atoms with Gasteiger partial charge in [-0.1, -0.05) is 0 Å². The summed E-state index contributed by atoms with van der Waals surface area (Å²) in [6.45, 7) is 0. The fourth-order valence-corrected chi connectivity index (χ4v) is 2.04. The van der Waals surface area contributed by atoms with Crippen LogP contribution in [0.4, 0.5) is 18.9 Å². The lowest BCUT2D eigenvalue weighted by atomic mass is 9.93. The third-order valence-corrected chi connectivity index (χ3v) is 2.99. The quantitative estimate of drug-likeness (QED) is 0.829. The highest BCUT2D eigenvalue weighted by molar-refractivity contribution is 5.79. The number of carbonyl (C=O) groups is 1. The minimum atomic E-state index is -4.81. The zero-order valence-electron chi connectivity index (χ0n) is 9.78. The number of alkyl halides is 3. The van der Waals surface area contributed by atoms with Gasteiger partial charge < -0.3 is 15.6 Å². The van der Waals surface area contributed by atoms with Gasteiger partial charge in [-0.25, -0.2) is 0 Å². The van der Waals surface area contributed by atoms with Crippen molar-refractivity contribution in [1.82, 2.24) is 0 Å². The average Bonchev–Trinajstić information content (AvgIpc) is 3.04. The molecule has 7 heteroatoms. The molecule has 1 aliphatic carbocycles. The fourth-order valence-electron chi connectivity index (χ4n) is 2.04. The summed E-state index contributed by atoms with van der Waals surface area (Å²) >= 11 is 0. The van der Waals surface area contributed by atoms with Crippen LogP contribution in [0, 0.1) is 5.92 Å². The molecule has 1 fully saturated rings. The van der Waals surface area contributed by atoms with E-state index < -0.39 is 24.0 Å². The Morgan fingerprint density at radius 1 is 1.42 bits per heavy atom. The smallest absolute Gasteiger partial charge is 0.481 e. The highest BCUT2D eigenvalue weighted by Gasteiger charge is 2.39. The second kappa shape index (κ2) is 4.64. The number of nitrogen functional groups attached to an aromatic ring is 1. The number of benzene rings is 1. The lowest BCUT2D eigenvalue weighted by Gasteiger charge is -2.16. The summed E-state index contributed by atoms with van der Waals surface area (Å²) < 4.78 is 40.2. The van der Waals surface area contributed by atoms with E-state index in [1.54, 1.807) is 0 Å². The van der Waals surface area contributed by atoms with Crippen molar-refractivity contribution in [2.75, 3.05) is 5.73 Å². The van der Waals surface area contributed by atoms with Crippen LogP contribution < -0.4 is 10.5 Å². The maximum absolute atomic E-state index is 12.1. The van der Waals surface area contributed by atoms with Gasteiger partial charge in [-0.05, 0) is 42.5 Å². The van der Waals surface area contributed by atoms with Gasteiger partial charge in [0.15, 0.2) is 0 Å². The van der Waals surface area contributed by atoms with Crippen molar-refractivity contribution in [3.05, 3.63) is 23.8 Å². The first kappa shape index (κ1) is 13.5. The van der Waals surface area contributed by atoms with E-state index in [9.17, 15) is 18.0 Å². The molecule has 1 aromatic carbocycles. The SMILES string of the molecule is Nc1ccc(OC(F)(F)F)cc1C(C(=O)O)C1CC1. The number of ether oxygens (including phenoxy) is 1. The highest BCUT2D eigenvalue weighted by atomic mass is 19.4. The number of aliphatic carboxylic acids is 1. The molecule has 0 amide bonds. The van der Waals surface area contributed by atoms with E-state index in [-0.39, 0.29) is 17.2 Å². The molecular weight excluding hydrogens is 263 g/mol. The molecule has 104 valence electrons. The molecule has 1 unspecified atom stereocenters. The minimum absolute atomic E-state index is 0.0686. The van der Waals surface area contributed by atoms with Gasteiger partial charge in [0.05, 0.1) is 5.92 Å². The lowest BCUT2D eigenvalue weighted by molar-refractivity contribution is -0.274. The van der Waals surface area contributed by atoms with E-state index in [4.69, 9.17) is 10.8 Å². The van der Waals surface area contributed by atoms with E-state index in [0.29, 0.717) is 0 Å². The summed E-state index contributed by atoms with van der Waals surface area (Å²) in [4.78, 5) is 11.2. The van der Waals surface area contributed by atoms with Crippen LogP contribution in [0.5, 0.6) is 5.75 Å². The summed E-state index contributed by atoms with van der Waals surface area (Å²) in [7, 11) is 0. The van der Waals surface area contributed by atoms with Crippen molar-refractivity contribution in [2.24, 2.45) is 5.92 Å². The number of hydrogen-bond acceptors (Lipinski definition) is 3. The predicted molar refractivity (Wildman–Crippen MR) is 60.6 cm³/mol. The molecule has 2 rings (SSSR count). The van der Waals surface area contributed by atoms with Gasteiger partial charge in [0, 0.05) is 5.69 Å². The van der Waals surface area contributed by atoms with Gasteiger partial charge in [-0.3, -0.25) is 4.79 Å². The molecule has 1 saturated carbocycles. The molecule has 0 spiro atoms. The van der Waals surface area contributed by atoms with E-state index in [2.05, 4.69) is 4.74 Å². The molecule has 0 saturated heterocycles. The second-order valence-corrected chi connectivity index (χ2v) is 4.49. The van der Waals surface area contributed by atoms with Crippen LogP contribution in [0.15, 0.2) is 18.2 Å². The van der Waals surface area contributed by atoms with Crippen LogP contribution >= 0.6 is 0 Å². The molecule has 0 bridgehead atoms. The largest absolute Gasteiger partial charge is 0.573 e. The number of hydrogen-bond donors (Lipinski definition) is 2. The van der Waals surface area contributed by atoms with E-state index in [1.807, 2.05) is 0 Å². The van der Waals surface area contributed by atoms with Crippen LogP contribution in [0.2, 0.25) is 0 Å². The van der Waals surface area contributed by atoms with Gasteiger partial charge in [0.25, 0.3) is 0 Å². The molecule has 4 nitrogen and oxygen atoms in total. The Kier molecular flexibility index (Phi) is 3.30. The van der Waals surface area contributed by atoms with Crippen LogP contribution in [0.25, 0.3) is 0 Å². The number of nitrogens with two attached hydrogens (primary N) is 1. The lowest BCUT2D eigenvalue weighted by Crippen LogP contribution is -2.19. The third-order valence-electron chi connectivity index (χ3n) is 2.99. The van der Waals surface area contributed by atoms with Crippen molar-refractivity contribution in [1.29, 1.82) is 0 Å². The number of anilines is 1. The molecular formula is C12H12F3NO3. The molecule has 0 aliphatic heterocycles. The second-order valence-electron chi connectivity index (χ2n) is 4.49. The number of halogens is 3. The number of rotatable bonds is 4. The van der Waals surface area contributed by atoms with Crippen LogP contribution in [0.1, 0.15) is 24.3 Å². The summed E-state index contributed by atoms with van der Waals surface area (Å²) in [5, 5.41) is 9.17. The molecule has 0 heterocycles. The number of carboxylic acid groups (broad SMARTS) is 1. The Morgan fingerprint density at radius 2 is 2.05 bits per heavy atom. The maximum Gasteiger partial charge on any atom is 0.573 e. The minimum Gasteiger partial charge on any atom is -0.481 e. The Labute approximate surface area is 107 Å². The zero-order chi connectivity index (χ0) is 14.2. The van der Waals surface area contributed by atoms with Crippen molar-refractivity contribution in [3.8, 4) is 5.75 Å². The van der Waals surface area contributed by atoms with Crippen LogP contribution in [-0.2, 0) is 4.79 Å². The molecule has 0 radical (unpaired) electrons. The number of carboxylic acids is 1. The maximum atomic E-state index is 12.1.